The molecule has 4 aromatic rings. The quantitative estimate of drug-likeness (QED) is 0.204. The maximum Gasteiger partial charge on any atom is 0.293 e. The van der Waals surface area contributed by atoms with E-state index in [0.717, 1.165) is 21.8 Å². The van der Waals surface area contributed by atoms with Crippen LogP contribution < -0.4 is 15.9 Å². The van der Waals surface area contributed by atoms with E-state index in [1.807, 2.05) is 62.4 Å². The number of anilines is 1. The van der Waals surface area contributed by atoms with Crippen molar-refractivity contribution in [2.24, 2.45) is 5.10 Å². The van der Waals surface area contributed by atoms with Crippen LogP contribution in [0.3, 0.4) is 0 Å². The molecular weight excluding hydrogens is 468 g/mol. The third-order valence-corrected chi connectivity index (χ3v) is 6.08. The first-order valence-electron chi connectivity index (χ1n) is 10.6. The number of carbonyl (C=O) groups is 1. The zero-order valence-corrected chi connectivity index (χ0v) is 20.2. The molecule has 2 aromatic carbocycles. The molecule has 0 bridgehead atoms. The van der Waals surface area contributed by atoms with E-state index in [1.165, 1.54) is 16.4 Å². The molecule has 12 heteroatoms. The Hall–Kier alpha value is -4.19. The number of rotatable bonds is 9. The second-order valence-electron chi connectivity index (χ2n) is 7.65. The number of nitrogens with two attached hydrogens (primary N) is 1. The standard InChI is InChI=1S/C23H24N8O3S/c1-14-8-10-17(11-9-14)35-13-18-20(26-30-31(18)22-21(24)28-34-29-22)23(32)27-25-15(2)12-16-6-4-5-7-19(16)33-3/h4-11H,12-13H2,1-3H3,(H2,24,28)(H,27,32). The molecule has 4 rings (SSSR count). The van der Waals surface area contributed by atoms with Crippen LogP contribution in [0.25, 0.3) is 5.82 Å². The summed E-state index contributed by atoms with van der Waals surface area (Å²) in [5.74, 6) is 0.811. The molecule has 1 amide bonds. The molecule has 2 aromatic heterocycles. The van der Waals surface area contributed by atoms with Gasteiger partial charge in [-0.1, -0.05) is 41.1 Å². The lowest BCUT2D eigenvalue weighted by molar-refractivity contribution is 0.0949. The van der Waals surface area contributed by atoms with Gasteiger partial charge in [-0.15, -0.1) is 16.9 Å². The van der Waals surface area contributed by atoms with Gasteiger partial charge in [0.2, 0.25) is 11.6 Å². The second kappa shape index (κ2) is 10.8. The summed E-state index contributed by atoms with van der Waals surface area (Å²) in [4.78, 5) is 14.0. The van der Waals surface area contributed by atoms with E-state index < -0.39 is 5.91 Å². The van der Waals surface area contributed by atoms with Gasteiger partial charge in [0.05, 0.1) is 12.8 Å². The number of carbonyl (C=O) groups excluding carboxylic acids is 1. The number of hydrogen-bond acceptors (Lipinski definition) is 10. The maximum atomic E-state index is 13.0. The van der Waals surface area contributed by atoms with Crippen LogP contribution in [0.15, 0.2) is 63.2 Å². The van der Waals surface area contributed by atoms with Crippen molar-refractivity contribution in [3.63, 3.8) is 0 Å². The Balaban J connectivity index is 1.55. The van der Waals surface area contributed by atoms with E-state index in [2.05, 4.69) is 31.2 Å². The van der Waals surface area contributed by atoms with Crippen LogP contribution in [-0.2, 0) is 12.2 Å². The van der Waals surface area contributed by atoms with Crippen molar-refractivity contribution in [3.8, 4) is 11.6 Å². The number of para-hydroxylation sites is 1. The molecule has 0 fully saturated rings. The van der Waals surface area contributed by atoms with Crippen LogP contribution >= 0.6 is 11.8 Å². The Labute approximate surface area is 205 Å². The van der Waals surface area contributed by atoms with Crippen LogP contribution in [-0.4, -0.2) is 44.0 Å². The van der Waals surface area contributed by atoms with Crippen molar-refractivity contribution in [1.82, 2.24) is 30.7 Å². The fourth-order valence-corrected chi connectivity index (χ4v) is 4.16. The highest BCUT2D eigenvalue weighted by Crippen LogP contribution is 2.26. The predicted octanol–water partition coefficient (Wildman–Crippen LogP) is 3.19. The molecule has 0 unspecified atom stereocenters. The van der Waals surface area contributed by atoms with Crippen molar-refractivity contribution in [3.05, 3.63) is 71.0 Å². The number of hydrogen-bond donors (Lipinski definition) is 2. The molecule has 0 atom stereocenters. The Kier molecular flexibility index (Phi) is 7.41. The highest BCUT2D eigenvalue weighted by molar-refractivity contribution is 7.98. The van der Waals surface area contributed by atoms with Crippen molar-refractivity contribution < 1.29 is 14.2 Å². The van der Waals surface area contributed by atoms with Gasteiger partial charge in [0.15, 0.2) is 5.69 Å². The summed E-state index contributed by atoms with van der Waals surface area (Å²) >= 11 is 1.52. The summed E-state index contributed by atoms with van der Waals surface area (Å²) in [5.41, 5.74) is 11.8. The highest BCUT2D eigenvalue weighted by atomic mass is 32.2. The largest absolute Gasteiger partial charge is 0.496 e. The summed E-state index contributed by atoms with van der Waals surface area (Å²) in [7, 11) is 1.61. The number of nitrogens with zero attached hydrogens (tertiary/aromatic N) is 6. The van der Waals surface area contributed by atoms with Crippen molar-refractivity contribution in [2.75, 3.05) is 12.8 Å². The molecule has 2 heterocycles. The first kappa shape index (κ1) is 24.0. The molecule has 0 radical (unpaired) electrons. The van der Waals surface area contributed by atoms with E-state index in [4.69, 9.17) is 15.1 Å². The molecule has 0 saturated carbocycles. The van der Waals surface area contributed by atoms with Crippen LogP contribution in [0.5, 0.6) is 5.75 Å². The third-order valence-electron chi connectivity index (χ3n) is 5.06. The average Bonchev–Trinajstić information content (AvgIpc) is 3.48. The number of aryl methyl sites for hydroxylation is 1. The number of aromatic nitrogens is 5. The number of benzene rings is 2. The van der Waals surface area contributed by atoms with Crippen molar-refractivity contribution >= 4 is 29.2 Å². The molecule has 11 nitrogen and oxygen atoms in total. The van der Waals surface area contributed by atoms with Crippen LogP contribution in [0.1, 0.15) is 34.2 Å². The highest BCUT2D eigenvalue weighted by Gasteiger charge is 2.24. The van der Waals surface area contributed by atoms with Gasteiger partial charge in [-0.25, -0.2) is 10.1 Å². The molecule has 0 aliphatic rings. The van der Waals surface area contributed by atoms with Crippen LogP contribution in [0.4, 0.5) is 5.82 Å². The van der Waals surface area contributed by atoms with Gasteiger partial charge in [-0.3, -0.25) is 4.79 Å². The summed E-state index contributed by atoms with van der Waals surface area (Å²) in [6, 6.07) is 15.7. The van der Waals surface area contributed by atoms with Gasteiger partial charge < -0.3 is 10.5 Å². The smallest absolute Gasteiger partial charge is 0.293 e. The average molecular weight is 493 g/mol. The van der Waals surface area contributed by atoms with Gasteiger partial charge >= 0.3 is 0 Å². The topological polar surface area (TPSA) is 146 Å². The monoisotopic (exact) mass is 492 g/mol. The molecule has 0 aliphatic heterocycles. The molecule has 0 spiro atoms. The maximum absolute atomic E-state index is 13.0. The van der Waals surface area contributed by atoms with Gasteiger partial charge in [0.1, 0.15) is 5.75 Å². The first-order chi connectivity index (χ1) is 17.0. The number of thioether (sulfide) groups is 1. The lowest BCUT2D eigenvalue weighted by Crippen LogP contribution is -2.22. The fourth-order valence-electron chi connectivity index (χ4n) is 3.26. The summed E-state index contributed by atoms with van der Waals surface area (Å²) in [6.07, 6.45) is 0.508. The molecule has 3 N–H and O–H groups in total. The van der Waals surface area contributed by atoms with Gasteiger partial charge in [-0.05, 0) is 47.9 Å². The van der Waals surface area contributed by atoms with E-state index in [-0.39, 0.29) is 17.3 Å². The summed E-state index contributed by atoms with van der Waals surface area (Å²) < 4.78 is 11.4. The van der Waals surface area contributed by atoms with Gasteiger partial charge in [-0.2, -0.15) is 9.78 Å². The van der Waals surface area contributed by atoms with Gasteiger partial charge in [0, 0.05) is 22.8 Å². The predicted molar refractivity (Wildman–Crippen MR) is 132 cm³/mol. The lowest BCUT2D eigenvalue weighted by atomic mass is 10.1. The molecule has 180 valence electrons. The fraction of sp³-hybridized carbons (Fsp3) is 0.217. The number of ether oxygens (including phenoxy) is 1. The SMILES string of the molecule is COc1ccccc1CC(C)=NNC(=O)c1nnn(-c2nonc2N)c1CSc1ccc(C)cc1. The van der Waals surface area contributed by atoms with E-state index in [9.17, 15) is 4.79 Å². The minimum atomic E-state index is -0.509. The van der Waals surface area contributed by atoms with E-state index in [1.54, 1.807) is 7.11 Å². The van der Waals surface area contributed by atoms with Crippen LogP contribution in [0, 0.1) is 6.92 Å². The van der Waals surface area contributed by atoms with Crippen molar-refractivity contribution in [2.45, 2.75) is 30.9 Å². The Morgan fingerprint density at radius 2 is 1.97 bits per heavy atom. The molecular formula is C23H24N8O3S. The first-order valence-corrected chi connectivity index (χ1v) is 11.6. The second-order valence-corrected chi connectivity index (χ2v) is 8.70. The van der Waals surface area contributed by atoms with Gasteiger partial charge in [0.25, 0.3) is 5.91 Å². The number of nitrogens with one attached hydrogen (secondary N) is 1. The minimum Gasteiger partial charge on any atom is -0.496 e. The van der Waals surface area contributed by atoms with Crippen molar-refractivity contribution in [1.29, 1.82) is 0 Å². The Morgan fingerprint density at radius 3 is 2.69 bits per heavy atom. The minimum absolute atomic E-state index is 0.0362. The zero-order chi connectivity index (χ0) is 24.8. The number of hydrazone groups is 1. The summed E-state index contributed by atoms with van der Waals surface area (Å²) in [5, 5.41) is 19.8. The molecule has 35 heavy (non-hydrogen) atoms. The van der Waals surface area contributed by atoms with Crippen LogP contribution in [0.2, 0.25) is 0 Å². The number of methoxy groups -OCH3 is 1. The zero-order valence-electron chi connectivity index (χ0n) is 19.4. The molecule has 0 saturated heterocycles. The molecule has 0 aliphatic carbocycles. The van der Waals surface area contributed by atoms with E-state index in [0.29, 0.717) is 23.6 Å². The number of amides is 1. The summed E-state index contributed by atoms with van der Waals surface area (Å²) in [6.45, 7) is 3.84. The third kappa shape index (κ3) is 5.66. The van der Waals surface area contributed by atoms with E-state index >= 15 is 0 Å². The normalized spacial score (nSPS) is 11.5. The Bertz CT molecular complexity index is 1350. The Morgan fingerprint density at radius 1 is 1.20 bits per heavy atom. The number of nitrogen functional groups attached to an aromatic ring is 1. The lowest BCUT2D eigenvalue weighted by Gasteiger charge is -2.08.